The van der Waals surface area contributed by atoms with Gasteiger partial charge in [-0.25, -0.2) is 0 Å². The van der Waals surface area contributed by atoms with Gasteiger partial charge in [0.2, 0.25) is 0 Å². The second-order valence-electron chi connectivity index (χ2n) is 6.34. The topological polar surface area (TPSA) is 57.6 Å². The lowest BCUT2D eigenvalue weighted by Crippen LogP contribution is -2.42. The van der Waals surface area contributed by atoms with Crippen LogP contribution in [0, 0.1) is 11.8 Å². The molecule has 0 saturated carbocycles. The number of fused-ring (bicyclic) bond motifs is 1. The van der Waals surface area contributed by atoms with E-state index >= 15 is 0 Å². The molecule has 2 aliphatic rings. The highest BCUT2D eigenvalue weighted by molar-refractivity contribution is 7.14. The number of hydrogen-bond acceptors (Lipinski definition) is 3. The number of carboxylic acid groups (broad SMARTS) is 1. The Morgan fingerprint density at radius 2 is 2.19 bits per heavy atom. The molecule has 1 aliphatic heterocycles. The lowest BCUT2D eigenvalue weighted by Gasteiger charge is -2.30. The summed E-state index contributed by atoms with van der Waals surface area (Å²) in [5.41, 5.74) is 1.33. The molecule has 1 aromatic heterocycles. The fraction of sp³-hybridized carbons (Fsp3) is 0.625. The molecule has 5 heteroatoms. The zero-order valence-electron chi connectivity index (χ0n) is 12.3. The molecule has 1 fully saturated rings. The van der Waals surface area contributed by atoms with Gasteiger partial charge in [-0.3, -0.25) is 9.59 Å². The van der Waals surface area contributed by atoms with Crippen molar-refractivity contribution in [2.75, 3.05) is 13.1 Å². The van der Waals surface area contributed by atoms with E-state index in [0.29, 0.717) is 25.4 Å². The molecule has 1 N–H and O–H groups in total. The van der Waals surface area contributed by atoms with Gasteiger partial charge in [-0.05, 0) is 49.7 Å². The molecular formula is C16H21NO3S. The number of carboxylic acids is 1. The maximum atomic E-state index is 12.6. The summed E-state index contributed by atoms with van der Waals surface area (Å²) in [5, 5.41) is 9.13. The van der Waals surface area contributed by atoms with Gasteiger partial charge in [-0.1, -0.05) is 6.92 Å². The van der Waals surface area contributed by atoms with Gasteiger partial charge in [0, 0.05) is 18.0 Å². The highest BCUT2D eigenvalue weighted by atomic mass is 32.1. The van der Waals surface area contributed by atoms with Crippen molar-refractivity contribution in [3.05, 3.63) is 21.4 Å². The maximum Gasteiger partial charge on any atom is 0.308 e. The van der Waals surface area contributed by atoms with Crippen LogP contribution in [-0.4, -0.2) is 35.0 Å². The number of likely N-dealkylation sites (tertiary alicyclic amines) is 1. The molecule has 1 amide bonds. The average molecular weight is 307 g/mol. The lowest BCUT2D eigenvalue weighted by molar-refractivity contribution is -0.143. The first-order chi connectivity index (χ1) is 10.0. The second kappa shape index (κ2) is 5.79. The zero-order valence-corrected chi connectivity index (χ0v) is 13.1. The van der Waals surface area contributed by atoms with E-state index in [-0.39, 0.29) is 5.91 Å². The fourth-order valence-corrected chi connectivity index (χ4v) is 4.51. The van der Waals surface area contributed by atoms with Crippen LogP contribution in [0.4, 0.5) is 0 Å². The predicted molar refractivity (Wildman–Crippen MR) is 81.8 cm³/mol. The van der Waals surface area contributed by atoms with Gasteiger partial charge < -0.3 is 10.0 Å². The number of carbonyl (C=O) groups excluding carboxylic acids is 1. The molecule has 0 aromatic carbocycles. The smallest absolute Gasteiger partial charge is 0.308 e. The molecule has 1 saturated heterocycles. The van der Waals surface area contributed by atoms with Crippen LogP contribution in [0.15, 0.2) is 6.07 Å². The Morgan fingerprint density at radius 1 is 1.38 bits per heavy atom. The van der Waals surface area contributed by atoms with Crippen LogP contribution in [0.2, 0.25) is 0 Å². The Hall–Kier alpha value is -1.36. The Morgan fingerprint density at radius 3 is 2.95 bits per heavy atom. The van der Waals surface area contributed by atoms with Crippen molar-refractivity contribution in [2.45, 2.75) is 39.0 Å². The molecule has 114 valence electrons. The molecule has 2 atom stereocenters. The Labute approximate surface area is 128 Å². The number of nitrogens with zero attached hydrogens (tertiary/aromatic N) is 1. The number of hydrogen-bond donors (Lipinski definition) is 1. The van der Waals surface area contributed by atoms with Crippen LogP contribution in [0.25, 0.3) is 0 Å². The first kappa shape index (κ1) is 14.6. The summed E-state index contributed by atoms with van der Waals surface area (Å²) in [6.45, 7) is 3.29. The van der Waals surface area contributed by atoms with Crippen LogP contribution in [0.1, 0.15) is 46.3 Å². The van der Waals surface area contributed by atoms with Crippen molar-refractivity contribution < 1.29 is 14.7 Å². The molecule has 1 aliphatic carbocycles. The highest BCUT2D eigenvalue weighted by Gasteiger charge is 2.30. The lowest BCUT2D eigenvalue weighted by atomic mass is 9.90. The third-order valence-corrected chi connectivity index (χ3v) is 5.82. The van der Waals surface area contributed by atoms with Crippen molar-refractivity contribution in [1.82, 2.24) is 4.90 Å². The van der Waals surface area contributed by atoms with Gasteiger partial charge in [0.05, 0.1) is 10.8 Å². The summed E-state index contributed by atoms with van der Waals surface area (Å²) < 4.78 is 0. The van der Waals surface area contributed by atoms with Gasteiger partial charge in [0.1, 0.15) is 0 Å². The molecule has 2 unspecified atom stereocenters. The monoisotopic (exact) mass is 307 g/mol. The van der Waals surface area contributed by atoms with Crippen molar-refractivity contribution in [2.24, 2.45) is 11.8 Å². The van der Waals surface area contributed by atoms with Gasteiger partial charge in [-0.15, -0.1) is 11.3 Å². The van der Waals surface area contributed by atoms with E-state index in [2.05, 4.69) is 6.92 Å². The summed E-state index contributed by atoms with van der Waals surface area (Å²) >= 11 is 1.61. The first-order valence-electron chi connectivity index (χ1n) is 7.68. The van der Waals surface area contributed by atoms with E-state index in [1.54, 1.807) is 16.2 Å². The van der Waals surface area contributed by atoms with Gasteiger partial charge >= 0.3 is 5.97 Å². The Balaban J connectivity index is 1.74. The quantitative estimate of drug-likeness (QED) is 0.914. The first-order valence-corrected chi connectivity index (χ1v) is 8.50. The minimum atomic E-state index is -0.785. The Kier molecular flexibility index (Phi) is 4.02. The maximum absolute atomic E-state index is 12.6. The number of aliphatic carboxylic acids is 1. The normalized spacial score (nSPS) is 25.5. The fourth-order valence-electron chi connectivity index (χ4n) is 3.33. The number of thiophene rings is 1. The van der Waals surface area contributed by atoms with Crippen LogP contribution >= 0.6 is 11.3 Å². The molecular weight excluding hydrogens is 286 g/mol. The molecule has 1 aromatic rings. The third kappa shape index (κ3) is 2.98. The van der Waals surface area contributed by atoms with E-state index in [1.807, 2.05) is 6.07 Å². The van der Waals surface area contributed by atoms with Crippen molar-refractivity contribution >= 4 is 23.2 Å². The molecule has 3 rings (SSSR count). The number of aryl methyl sites for hydroxylation is 1. The van der Waals surface area contributed by atoms with E-state index in [9.17, 15) is 9.59 Å². The second-order valence-corrected chi connectivity index (χ2v) is 7.47. The van der Waals surface area contributed by atoms with Crippen molar-refractivity contribution in [3.63, 3.8) is 0 Å². The van der Waals surface area contributed by atoms with Gasteiger partial charge in [0.25, 0.3) is 5.91 Å². The summed E-state index contributed by atoms with van der Waals surface area (Å²) in [6.07, 6.45) is 4.80. The zero-order chi connectivity index (χ0) is 15.0. The predicted octanol–water partition coefficient (Wildman–Crippen LogP) is 2.81. The van der Waals surface area contributed by atoms with Crippen LogP contribution in [-0.2, 0) is 17.6 Å². The van der Waals surface area contributed by atoms with Crippen LogP contribution in [0.5, 0.6) is 0 Å². The standard InChI is InChI=1S/C16H21NO3S/c1-10-4-5-13-12(7-10)8-14(21-13)15(18)17-6-2-3-11(9-17)16(19)20/h8,10-11H,2-7,9H2,1H3,(H,19,20). The summed E-state index contributed by atoms with van der Waals surface area (Å²) in [7, 11) is 0. The summed E-state index contributed by atoms with van der Waals surface area (Å²) in [5.74, 6) is -0.474. The molecule has 21 heavy (non-hydrogen) atoms. The van der Waals surface area contributed by atoms with Crippen molar-refractivity contribution in [3.8, 4) is 0 Å². The molecule has 4 nitrogen and oxygen atoms in total. The Bertz CT molecular complexity index is 566. The average Bonchev–Trinajstić information content (AvgIpc) is 2.89. The minimum Gasteiger partial charge on any atom is -0.481 e. The number of amides is 1. The molecule has 2 heterocycles. The van der Waals surface area contributed by atoms with E-state index in [1.165, 1.54) is 16.9 Å². The highest BCUT2D eigenvalue weighted by Crippen LogP contribution is 2.33. The largest absolute Gasteiger partial charge is 0.481 e. The van der Waals surface area contributed by atoms with E-state index in [0.717, 1.165) is 24.1 Å². The number of piperidine rings is 1. The van der Waals surface area contributed by atoms with Gasteiger partial charge in [0.15, 0.2) is 0 Å². The van der Waals surface area contributed by atoms with E-state index in [4.69, 9.17) is 5.11 Å². The van der Waals surface area contributed by atoms with Crippen LogP contribution < -0.4 is 0 Å². The van der Waals surface area contributed by atoms with Gasteiger partial charge in [-0.2, -0.15) is 0 Å². The molecule has 0 spiro atoms. The summed E-state index contributed by atoms with van der Waals surface area (Å²) in [4.78, 5) is 27.6. The summed E-state index contributed by atoms with van der Waals surface area (Å²) in [6, 6.07) is 2.04. The number of carbonyl (C=O) groups is 2. The minimum absolute atomic E-state index is 0.0213. The molecule has 0 radical (unpaired) electrons. The van der Waals surface area contributed by atoms with E-state index < -0.39 is 11.9 Å². The van der Waals surface area contributed by atoms with Crippen LogP contribution in [0.3, 0.4) is 0 Å². The van der Waals surface area contributed by atoms with Crippen molar-refractivity contribution in [1.29, 1.82) is 0 Å². The third-order valence-electron chi connectivity index (χ3n) is 4.60. The number of rotatable bonds is 2. The molecule has 0 bridgehead atoms. The SMILES string of the molecule is CC1CCc2sc(C(=O)N3CCCC(C(=O)O)C3)cc2C1.